The highest BCUT2D eigenvalue weighted by Crippen LogP contribution is 2.45. The van der Waals surface area contributed by atoms with Gasteiger partial charge < -0.3 is 24.1 Å². The van der Waals surface area contributed by atoms with Crippen molar-refractivity contribution in [2.24, 2.45) is 0 Å². The lowest BCUT2D eigenvalue weighted by Gasteiger charge is -2.23. The van der Waals surface area contributed by atoms with Crippen LogP contribution in [0.1, 0.15) is 43.7 Å². The van der Waals surface area contributed by atoms with Crippen LogP contribution < -0.4 is 19.1 Å². The van der Waals surface area contributed by atoms with E-state index in [0.29, 0.717) is 40.7 Å². The lowest BCUT2D eigenvalue weighted by Crippen LogP contribution is -2.29. The molecule has 0 radical (unpaired) electrons. The molecule has 1 aliphatic heterocycles. The van der Waals surface area contributed by atoms with Crippen molar-refractivity contribution in [3.05, 3.63) is 118 Å². The fourth-order valence-electron chi connectivity index (χ4n) is 5.04. The molecule has 1 atom stereocenters. The van der Waals surface area contributed by atoms with Crippen LogP contribution in [0.4, 0.5) is 5.13 Å². The zero-order valence-electron chi connectivity index (χ0n) is 25.7. The molecule has 1 fully saturated rings. The third-order valence-electron chi connectivity index (χ3n) is 7.46. The first kappa shape index (κ1) is 32.0. The number of ether oxygens (including phenoxy) is 4. The molecule has 1 N–H and O–H groups in total. The molecule has 1 aliphatic rings. The number of anilines is 1. The van der Waals surface area contributed by atoms with Crippen molar-refractivity contribution in [3.63, 3.8) is 0 Å². The second-order valence-electron chi connectivity index (χ2n) is 10.3. The van der Waals surface area contributed by atoms with Crippen molar-refractivity contribution >= 4 is 39.9 Å². The van der Waals surface area contributed by atoms with E-state index >= 15 is 0 Å². The molecule has 11 heteroatoms. The summed E-state index contributed by atoms with van der Waals surface area (Å²) >= 11 is 0.909. The van der Waals surface area contributed by atoms with Gasteiger partial charge in [0.05, 0.1) is 31.5 Å². The Hall–Kier alpha value is -5.42. The van der Waals surface area contributed by atoms with Gasteiger partial charge in [-0.1, -0.05) is 54.3 Å². The van der Waals surface area contributed by atoms with Crippen molar-refractivity contribution in [1.29, 1.82) is 0 Å². The maximum Gasteiger partial charge on any atom is 0.350 e. The minimum Gasteiger partial charge on any atom is -0.507 e. The molecule has 2 heterocycles. The Morgan fingerprint density at radius 2 is 1.74 bits per heavy atom. The maximum atomic E-state index is 13.7. The van der Waals surface area contributed by atoms with Crippen LogP contribution in [-0.4, -0.2) is 48.6 Å². The summed E-state index contributed by atoms with van der Waals surface area (Å²) in [7, 11) is 2.95. The molecule has 3 aromatic carbocycles. The van der Waals surface area contributed by atoms with E-state index in [-0.39, 0.29) is 27.9 Å². The first-order chi connectivity index (χ1) is 22.2. The van der Waals surface area contributed by atoms with E-state index in [1.807, 2.05) is 31.2 Å². The lowest BCUT2D eigenvalue weighted by atomic mass is 9.95. The molecule has 46 heavy (non-hydrogen) atoms. The number of aliphatic hydroxyl groups excluding tert-OH is 1. The Morgan fingerprint density at radius 1 is 1.02 bits per heavy atom. The summed E-state index contributed by atoms with van der Waals surface area (Å²) in [4.78, 5) is 45.8. The molecule has 1 unspecified atom stereocenters. The molecule has 0 spiro atoms. The molecule has 10 nitrogen and oxygen atoms in total. The molecule has 1 aromatic heterocycles. The summed E-state index contributed by atoms with van der Waals surface area (Å²) in [6.45, 7) is 7.52. The minimum absolute atomic E-state index is 0.00259. The van der Waals surface area contributed by atoms with Crippen LogP contribution in [-0.2, 0) is 20.9 Å². The fourth-order valence-corrected chi connectivity index (χ4v) is 6.03. The number of amides is 1. The molecule has 236 valence electrons. The molecular weight excluding hydrogens is 608 g/mol. The van der Waals surface area contributed by atoms with E-state index < -0.39 is 23.7 Å². The number of ketones is 1. The zero-order chi connectivity index (χ0) is 33.0. The van der Waals surface area contributed by atoms with Crippen LogP contribution in [0.3, 0.4) is 0 Å². The van der Waals surface area contributed by atoms with Crippen LogP contribution in [0, 0.1) is 13.8 Å². The van der Waals surface area contributed by atoms with Crippen molar-refractivity contribution in [2.45, 2.75) is 26.5 Å². The van der Waals surface area contributed by atoms with Gasteiger partial charge in [0.25, 0.3) is 5.78 Å². The predicted octanol–water partition coefficient (Wildman–Crippen LogP) is 6.33. The first-order valence-electron chi connectivity index (χ1n) is 14.2. The first-order valence-corrected chi connectivity index (χ1v) is 15.1. The molecule has 4 aromatic rings. The quantitative estimate of drug-likeness (QED) is 0.0659. The van der Waals surface area contributed by atoms with Crippen molar-refractivity contribution in [2.75, 3.05) is 25.7 Å². The van der Waals surface area contributed by atoms with Crippen molar-refractivity contribution in [3.8, 4) is 17.2 Å². The maximum absolute atomic E-state index is 13.7. The molecule has 1 amide bonds. The number of methoxy groups -OCH3 is 2. The second-order valence-corrected chi connectivity index (χ2v) is 11.3. The Morgan fingerprint density at radius 3 is 2.41 bits per heavy atom. The fraction of sp³-hybridized carbons (Fsp3) is 0.200. The number of esters is 1. The van der Waals surface area contributed by atoms with E-state index in [4.69, 9.17) is 18.9 Å². The number of nitrogens with zero attached hydrogens (tertiary/aromatic N) is 2. The summed E-state index contributed by atoms with van der Waals surface area (Å²) in [5.41, 5.74) is 3.06. The highest BCUT2D eigenvalue weighted by atomic mass is 32.1. The van der Waals surface area contributed by atoms with Gasteiger partial charge in [-0.3, -0.25) is 14.5 Å². The number of thiazole rings is 1. The van der Waals surface area contributed by atoms with Gasteiger partial charge >= 0.3 is 11.9 Å². The molecular formula is C35H32N2O8S. The number of carbonyl (C=O) groups excluding carboxylic acids is 3. The van der Waals surface area contributed by atoms with Crippen LogP contribution in [0.25, 0.3) is 5.76 Å². The number of Topliss-reactive ketones (excluding diaryl/α,β-unsaturated/α-hetero) is 1. The smallest absolute Gasteiger partial charge is 0.350 e. The van der Waals surface area contributed by atoms with Gasteiger partial charge in [0, 0.05) is 5.56 Å². The van der Waals surface area contributed by atoms with E-state index in [9.17, 15) is 19.5 Å². The summed E-state index contributed by atoms with van der Waals surface area (Å²) in [5, 5.41) is 11.7. The normalized spacial score (nSPS) is 15.5. The summed E-state index contributed by atoms with van der Waals surface area (Å²) in [6.07, 6.45) is 1.44. The van der Waals surface area contributed by atoms with Crippen molar-refractivity contribution in [1.82, 2.24) is 4.98 Å². The number of carbonyl (C=O) groups is 3. The van der Waals surface area contributed by atoms with Gasteiger partial charge in [-0.05, 0) is 66.9 Å². The zero-order valence-corrected chi connectivity index (χ0v) is 26.6. The number of hydrogen-bond donors (Lipinski definition) is 1. The molecule has 1 saturated heterocycles. The molecule has 0 bridgehead atoms. The standard InChI is InChI=1S/C35H32N2O8S/c1-6-17-44-34(41)32-21(3)36-35(46-32)37-29(23-13-16-26(42-4)27(18-23)43-5)28(31(39)33(37)40)30(38)22-11-14-25(15-12-22)45-19-24-10-8-7-9-20(24)2/h6-16,18,29,38H,1,17,19H2,2-5H3. The van der Waals surface area contributed by atoms with Crippen molar-refractivity contribution < 1.29 is 38.4 Å². The largest absolute Gasteiger partial charge is 0.507 e. The Labute approximate surface area is 270 Å². The van der Waals surface area contributed by atoms with E-state index in [1.165, 1.54) is 25.2 Å². The monoisotopic (exact) mass is 640 g/mol. The van der Waals surface area contributed by atoms with Gasteiger partial charge in [-0.2, -0.15) is 0 Å². The Balaban J connectivity index is 1.56. The number of rotatable bonds is 11. The number of aryl methyl sites for hydroxylation is 2. The summed E-state index contributed by atoms with van der Waals surface area (Å²) in [5.74, 6) is -1.51. The third kappa shape index (κ3) is 6.22. The average Bonchev–Trinajstić information content (AvgIpc) is 3.58. The molecule has 5 rings (SSSR count). The topological polar surface area (TPSA) is 124 Å². The summed E-state index contributed by atoms with van der Waals surface area (Å²) in [6, 6.07) is 18.3. The SMILES string of the molecule is C=CCOC(=O)c1sc(N2C(=O)C(=O)C(=C(O)c3ccc(OCc4ccccc4C)cc3)C2c2ccc(OC)c(OC)c2)nc1C. The highest BCUT2D eigenvalue weighted by Gasteiger charge is 2.48. The van der Waals surface area contributed by atoms with Gasteiger partial charge in [0.15, 0.2) is 16.6 Å². The number of benzene rings is 3. The summed E-state index contributed by atoms with van der Waals surface area (Å²) < 4.78 is 22.0. The van der Waals surface area contributed by atoms with Gasteiger partial charge in [0.2, 0.25) is 0 Å². The molecule has 0 aliphatic carbocycles. The lowest BCUT2D eigenvalue weighted by molar-refractivity contribution is -0.132. The van der Waals surface area contributed by atoms with Gasteiger partial charge in [0.1, 0.15) is 29.6 Å². The van der Waals surface area contributed by atoms with Crippen LogP contribution >= 0.6 is 11.3 Å². The molecule has 0 saturated carbocycles. The Bertz CT molecular complexity index is 1840. The van der Waals surface area contributed by atoms with Gasteiger partial charge in [-0.25, -0.2) is 9.78 Å². The number of aromatic nitrogens is 1. The number of hydrogen-bond acceptors (Lipinski definition) is 10. The van der Waals surface area contributed by atoms with Crippen LogP contribution in [0.15, 0.2) is 85.0 Å². The van der Waals surface area contributed by atoms with Crippen LogP contribution in [0.2, 0.25) is 0 Å². The highest BCUT2D eigenvalue weighted by molar-refractivity contribution is 7.17. The minimum atomic E-state index is -1.11. The van der Waals surface area contributed by atoms with E-state index in [2.05, 4.69) is 11.6 Å². The van der Waals surface area contributed by atoms with E-state index in [0.717, 1.165) is 22.5 Å². The Kier molecular flexibility index (Phi) is 9.53. The number of aliphatic hydroxyl groups is 1. The van der Waals surface area contributed by atoms with E-state index in [1.54, 1.807) is 49.4 Å². The van der Waals surface area contributed by atoms with Gasteiger partial charge in [-0.15, -0.1) is 0 Å². The second kappa shape index (κ2) is 13.7. The predicted molar refractivity (Wildman–Crippen MR) is 174 cm³/mol. The van der Waals surface area contributed by atoms with Crippen LogP contribution in [0.5, 0.6) is 17.2 Å². The average molecular weight is 641 g/mol. The third-order valence-corrected chi connectivity index (χ3v) is 8.60.